The summed E-state index contributed by atoms with van der Waals surface area (Å²) in [6.07, 6.45) is 3.91. The Balaban J connectivity index is 2.18. The number of aromatic nitrogens is 4. The molecular formula is C14H15N5. The highest BCUT2D eigenvalue weighted by Gasteiger charge is 2.11. The average Bonchev–Trinajstić information content (AvgIpc) is 2.85. The van der Waals surface area contributed by atoms with Gasteiger partial charge < -0.3 is 9.72 Å². The van der Waals surface area contributed by atoms with Gasteiger partial charge in [-0.05, 0) is 26.0 Å². The van der Waals surface area contributed by atoms with Gasteiger partial charge in [0.25, 0.3) is 0 Å². The third-order valence-electron chi connectivity index (χ3n) is 3.22. The van der Waals surface area contributed by atoms with Crippen LogP contribution < -0.4 is 5.32 Å². The van der Waals surface area contributed by atoms with Gasteiger partial charge in [0, 0.05) is 30.7 Å². The van der Waals surface area contributed by atoms with Crippen LogP contribution in [0.25, 0.3) is 17.2 Å². The zero-order valence-electron chi connectivity index (χ0n) is 11.2. The van der Waals surface area contributed by atoms with E-state index < -0.39 is 0 Å². The SMILES string of the molecule is CNc1nc(-c2cn3ccccc3n2)nc(C)c1C. The van der Waals surface area contributed by atoms with Crippen LogP contribution in [0.15, 0.2) is 30.6 Å². The molecule has 5 heteroatoms. The van der Waals surface area contributed by atoms with Crippen molar-refractivity contribution in [2.24, 2.45) is 0 Å². The predicted molar refractivity (Wildman–Crippen MR) is 75.2 cm³/mol. The van der Waals surface area contributed by atoms with E-state index in [4.69, 9.17) is 0 Å². The summed E-state index contributed by atoms with van der Waals surface area (Å²) in [5.41, 5.74) is 3.71. The summed E-state index contributed by atoms with van der Waals surface area (Å²) in [7, 11) is 1.86. The maximum absolute atomic E-state index is 4.54. The van der Waals surface area contributed by atoms with Crippen LogP contribution in [-0.2, 0) is 0 Å². The van der Waals surface area contributed by atoms with E-state index in [1.165, 1.54) is 0 Å². The van der Waals surface area contributed by atoms with Crippen LogP contribution in [0.3, 0.4) is 0 Å². The van der Waals surface area contributed by atoms with Crippen molar-refractivity contribution in [3.8, 4) is 11.5 Å². The highest BCUT2D eigenvalue weighted by Crippen LogP contribution is 2.21. The van der Waals surface area contributed by atoms with E-state index in [-0.39, 0.29) is 0 Å². The highest BCUT2D eigenvalue weighted by atomic mass is 15.1. The number of fused-ring (bicyclic) bond motifs is 1. The molecule has 0 aliphatic heterocycles. The average molecular weight is 253 g/mol. The van der Waals surface area contributed by atoms with E-state index in [1.807, 2.05) is 55.9 Å². The van der Waals surface area contributed by atoms with Crippen molar-refractivity contribution in [1.29, 1.82) is 0 Å². The Morgan fingerprint density at radius 2 is 1.95 bits per heavy atom. The molecule has 0 saturated carbocycles. The molecule has 0 unspecified atom stereocenters. The lowest BCUT2D eigenvalue weighted by molar-refractivity contribution is 1.06. The number of aryl methyl sites for hydroxylation is 1. The first-order valence-electron chi connectivity index (χ1n) is 6.16. The zero-order valence-corrected chi connectivity index (χ0v) is 11.2. The smallest absolute Gasteiger partial charge is 0.182 e. The van der Waals surface area contributed by atoms with Crippen LogP contribution in [0.1, 0.15) is 11.3 Å². The fourth-order valence-electron chi connectivity index (χ4n) is 2.03. The highest BCUT2D eigenvalue weighted by molar-refractivity contribution is 5.59. The van der Waals surface area contributed by atoms with Gasteiger partial charge in [-0.25, -0.2) is 15.0 Å². The predicted octanol–water partition coefficient (Wildman–Crippen LogP) is 2.45. The second-order valence-corrected chi connectivity index (χ2v) is 4.45. The Hall–Kier alpha value is -2.43. The van der Waals surface area contributed by atoms with Crippen molar-refractivity contribution >= 4 is 11.5 Å². The van der Waals surface area contributed by atoms with Gasteiger partial charge in [0.1, 0.15) is 17.2 Å². The second kappa shape index (κ2) is 4.35. The van der Waals surface area contributed by atoms with Crippen LogP contribution in [0.5, 0.6) is 0 Å². The first-order chi connectivity index (χ1) is 9.19. The molecule has 3 aromatic heterocycles. The summed E-state index contributed by atoms with van der Waals surface area (Å²) < 4.78 is 1.97. The van der Waals surface area contributed by atoms with Crippen LogP contribution >= 0.6 is 0 Å². The van der Waals surface area contributed by atoms with E-state index >= 15 is 0 Å². The van der Waals surface area contributed by atoms with Gasteiger partial charge in [0.05, 0.1) is 0 Å². The van der Waals surface area contributed by atoms with E-state index in [2.05, 4.69) is 20.3 Å². The number of nitrogens with one attached hydrogen (secondary N) is 1. The molecule has 19 heavy (non-hydrogen) atoms. The number of hydrogen-bond donors (Lipinski definition) is 1. The lowest BCUT2D eigenvalue weighted by atomic mass is 10.2. The number of rotatable bonds is 2. The molecule has 0 aliphatic rings. The molecule has 3 heterocycles. The number of hydrogen-bond acceptors (Lipinski definition) is 4. The Bertz CT molecular complexity index is 712. The molecule has 3 rings (SSSR count). The molecule has 0 saturated heterocycles. The molecule has 96 valence electrons. The van der Waals surface area contributed by atoms with Crippen molar-refractivity contribution < 1.29 is 0 Å². The largest absolute Gasteiger partial charge is 0.373 e. The Labute approximate surface area is 111 Å². The molecule has 0 amide bonds. The molecule has 0 aliphatic carbocycles. The summed E-state index contributed by atoms with van der Waals surface area (Å²) in [5, 5.41) is 3.09. The minimum absolute atomic E-state index is 0.649. The quantitative estimate of drug-likeness (QED) is 0.762. The lowest BCUT2D eigenvalue weighted by Gasteiger charge is -2.08. The fourth-order valence-corrected chi connectivity index (χ4v) is 2.03. The van der Waals surface area contributed by atoms with Crippen molar-refractivity contribution in [1.82, 2.24) is 19.4 Å². The summed E-state index contributed by atoms with van der Waals surface area (Å²) in [4.78, 5) is 13.6. The Morgan fingerprint density at radius 1 is 1.11 bits per heavy atom. The van der Waals surface area contributed by atoms with Crippen molar-refractivity contribution in [2.45, 2.75) is 13.8 Å². The molecule has 0 fully saturated rings. The van der Waals surface area contributed by atoms with Crippen LogP contribution in [0, 0.1) is 13.8 Å². The fraction of sp³-hybridized carbons (Fsp3) is 0.214. The van der Waals surface area contributed by atoms with Gasteiger partial charge >= 0.3 is 0 Å². The molecule has 0 radical (unpaired) electrons. The number of anilines is 1. The van der Waals surface area contributed by atoms with Crippen LogP contribution in [0.4, 0.5) is 5.82 Å². The van der Waals surface area contributed by atoms with Crippen LogP contribution in [0.2, 0.25) is 0 Å². The number of imidazole rings is 1. The topological polar surface area (TPSA) is 55.1 Å². The summed E-state index contributed by atoms with van der Waals surface area (Å²) >= 11 is 0. The molecule has 0 bridgehead atoms. The number of pyridine rings is 1. The minimum Gasteiger partial charge on any atom is -0.373 e. The molecule has 0 spiro atoms. The van der Waals surface area contributed by atoms with E-state index in [0.29, 0.717) is 5.82 Å². The standard InChI is InChI=1S/C14H15N5/c1-9-10(2)16-14(18-13(9)15-3)11-8-19-7-5-4-6-12(19)17-11/h4-8H,1-3H3,(H,15,16,18). The van der Waals surface area contributed by atoms with Gasteiger partial charge in [-0.15, -0.1) is 0 Å². The molecule has 3 aromatic rings. The zero-order chi connectivity index (χ0) is 13.4. The van der Waals surface area contributed by atoms with Crippen molar-refractivity contribution in [2.75, 3.05) is 12.4 Å². The monoisotopic (exact) mass is 253 g/mol. The number of nitrogens with zero attached hydrogens (tertiary/aromatic N) is 4. The van der Waals surface area contributed by atoms with Gasteiger partial charge in [0.15, 0.2) is 5.82 Å². The minimum atomic E-state index is 0.649. The first kappa shape index (κ1) is 11.6. The van der Waals surface area contributed by atoms with Gasteiger partial charge in [0.2, 0.25) is 0 Å². The Morgan fingerprint density at radius 3 is 2.68 bits per heavy atom. The van der Waals surface area contributed by atoms with Crippen molar-refractivity contribution in [3.05, 3.63) is 41.9 Å². The molecule has 0 aromatic carbocycles. The molecule has 0 atom stereocenters. The molecular weight excluding hydrogens is 238 g/mol. The summed E-state index contributed by atoms with van der Waals surface area (Å²) in [6.45, 7) is 3.99. The van der Waals surface area contributed by atoms with E-state index in [0.717, 1.165) is 28.4 Å². The second-order valence-electron chi connectivity index (χ2n) is 4.45. The summed E-state index contributed by atoms with van der Waals surface area (Å²) in [6, 6.07) is 5.90. The van der Waals surface area contributed by atoms with Gasteiger partial charge in [-0.3, -0.25) is 0 Å². The van der Waals surface area contributed by atoms with Crippen LogP contribution in [-0.4, -0.2) is 26.4 Å². The lowest BCUT2D eigenvalue weighted by Crippen LogP contribution is -2.02. The third-order valence-corrected chi connectivity index (χ3v) is 3.22. The van der Waals surface area contributed by atoms with E-state index in [1.54, 1.807) is 0 Å². The van der Waals surface area contributed by atoms with Crippen molar-refractivity contribution in [3.63, 3.8) is 0 Å². The molecule has 1 N–H and O–H groups in total. The maximum atomic E-state index is 4.54. The van der Waals surface area contributed by atoms with Gasteiger partial charge in [-0.1, -0.05) is 6.07 Å². The summed E-state index contributed by atoms with van der Waals surface area (Å²) in [5.74, 6) is 1.50. The molecule has 5 nitrogen and oxygen atoms in total. The normalized spacial score (nSPS) is 10.9. The van der Waals surface area contributed by atoms with Gasteiger partial charge in [-0.2, -0.15) is 0 Å². The van der Waals surface area contributed by atoms with E-state index in [9.17, 15) is 0 Å². The maximum Gasteiger partial charge on any atom is 0.182 e. The first-order valence-corrected chi connectivity index (χ1v) is 6.16. The third kappa shape index (κ3) is 1.93. The Kier molecular flexibility index (Phi) is 2.67.